The lowest BCUT2D eigenvalue weighted by molar-refractivity contribution is -0.140. The number of ether oxygens (including phenoxy) is 1. The fraction of sp³-hybridized carbons (Fsp3) is 0.583. The minimum absolute atomic E-state index is 0. The summed E-state index contributed by atoms with van der Waals surface area (Å²) in [5.74, 6) is 1.43. The van der Waals surface area contributed by atoms with Gasteiger partial charge in [0.05, 0.1) is 25.0 Å². The van der Waals surface area contributed by atoms with Crippen LogP contribution in [0.4, 0.5) is 0 Å². The Morgan fingerprint density at radius 1 is 1.18 bits per heavy atom. The van der Waals surface area contributed by atoms with E-state index in [0.717, 1.165) is 24.8 Å². The Kier molecular flexibility index (Phi) is 9.10. The molecule has 1 aromatic rings. The number of aromatic nitrogens is 1. The average Bonchev–Trinajstić information content (AvgIpc) is 3.48. The molecule has 180 valence electrons. The molecule has 4 unspecified atom stereocenters. The van der Waals surface area contributed by atoms with Crippen LogP contribution in [0.3, 0.4) is 0 Å². The van der Waals surface area contributed by atoms with Crippen LogP contribution in [0.15, 0.2) is 35.5 Å². The van der Waals surface area contributed by atoms with E-state index in [1.807, 2.05) is 19.1 Å². The van der Waals surface area contributed by atoms with Gasteiger partial charge in [0.2, 0.25) is 17.7 Å². The number of allylic oxidation sites excluding steroid dienone is 2. The number of guanidine groups is 1. The number of carbonyl (C=O) groups is 2. The van der Waals surface area contributed by atoms with Gasteiger partial charge < -0.3 is 15.4 Å². The molecule has 2 amide bonds. The number of unbranched alkanes of at least 4 members (excludes halogenated alkanes) is 1. The minimum atomic E-state index is -0.142. The highest BCUT2D eigenvalue weighted by atomic mass is 127. The number of amides is 2. The van der Waals surface area contributed by atoms with E-state index in [4.69, 9.17) is 4.74 Å². The quantitative estimate of drug-likeness (QED) is 0.113. The summed E-state index contributed by atoms with van der Waals surface area (Å²) >= 11 is 0. The monoisotopic (exact) mass is 567 g/mol. The first kappa shape index (κ1) is 25.5. The maximum Gasteiger partial charge on any atom is 0.233 e. The van der Waals surface area contributed by atoms with Gasteiger partial charge >= 0.3 is 0 Å². The molecule has 8 nitrogen and oxygen atoms in total. The molecule has 0 aromatic carbocycles. The molecule has 3 aliphatic rings. The van der Waals surface area contributed by atoms with Gasteiger partial charge in [-0.3, -0.25) is 14.5 Å². The van der Waals surface area contributed by atoms with Crippen LogP contribution in [0, 0.1) is 23.7 Å². The highest BCUT2D eigenvalue weighted by Gasteiger charge is 2.58. The zero-order valence-corrected chi connectivity index (χ0v) is 21.7. The summed E-state index contributed by atoms with van der Waals surface area (Å²) in [5, 5.41) is 6.47. The summed E-state index contributed by atoms with van der Waals surface area (Å²) in [6.07, 6.45) is 8.96. The summed E-state index contributed by atoms with van der Waals surface area (Å²) in [5.41, 5.74) is 0.918. The SMILES string of the molecule is CCCCOc1ncccc1CN=C(NCC)NCCN1C(=O)C2C3C=CC(C3)C2C1=O.I. The molecule has 2 heterocycles. The molecule has 33 heavy (non-hydrogen) atoms. The number of imide groups is 1. The molecular formula is C24H34IN5O3. The summed E-state index contributed by atoms with van der Waals surface area (Å²) < 4.78 is 5.79. The van der Waals surface area contributed by atoms with Crippen molar-refractivity contribution in [2.45, 2.75) is 39.7 Å². The van der Waals surface area contributed by atoms with E-state index in [9.17, 15) is 9.59 Å². The van der Waals surface area contributed by atoms with Crippen molar-refractivity contribution in [2.75, 3.05) is 26.2 Å². The average molecular weight is 567 g/mol. The molecule has 2 aliphatic carbocycles. The first-order chi connectivity index (χ1) is 15.6. The molecule has 4 rings (SSSR count). The number of hydrogen-bond donors (Lipinski definition) is 2. The highest BCUT2D eigenvalue weighted by Crippen LogP contribution is 2.52. The van der Waals surface area contributed by atoms with Crippen LogP contribution >= 0.6 is 24.0 Å². The lowest BCUT2D eigenvalue weighted by Gasteiger charge is -2.18. The Hall–Kier alpha value is -2.17. The lowest BCUT2D eigenvalue weighted by Crippen LogP contribution is -2.43. The molecule has 1 saturated heterocycles. The number of likely N-dealkylation sites (tertiary alicyclic amines) is 1. The van der Waals surface area contributed by atoms with Gasteiger partial charge in [0.15, 0.2) is 5.96 Å². The third kappa shape index (κ3) is 5.50. The van der Waals surface area contributed by atoms with Crippen LogP contribution in [-0.2, 0) is 16.1 Å². The zero-order valence-electron chi connectivity index (χ0n) is 19.3. The summed E-state index contributed by atoms with van der Waals surface area (Å²) in [6.45, 7) is 6.70. The number of halogens is 1. The van der Waals surface area contributed by atoms with Gasteiger partial charge in [-0.25, -0.2) is 9.98 Å². The Morgan fingerprint density at radius 2 is 1.91 bits per heavy atom. The number of nitrogens with zero attached hydrogens (tertiary/aromatic N) is 3. The van der Waals surface area contributed by atoms with Crippen molar-refractivity contribution in [2.24, 2.45) is 28.7 Å². The van der Waals surface area contributed by atoms with Gasteiger partial charge in [0, 0.05) is 31.4 Å². The van der Waals surface area contributed by atoms with Crippen LogP contribution in [0.2, 0.25) is 0 Å². The van der Waals surface area contributed by atoms with E-state index in [1.165, 1.54) is 4.90 Å². The second-order valence-corrected chi connectivity index (χ2v) is 8.62. The second-order valence-electron chi connectivity index (χ2n) is 8.62. The maximum absolute atomic E-state index is 12.8. The number of pyridine rings is 1. The molecule has 2 bridgehead atoms. The number of aliphatic imine (C=N–C) groups is 1. The maximum atomic E-state index is 12.8. The molecule has 9 heteroatoms. The first-order valence-electron chi connectivity index (χ1n) is 11.8. The fourth-order valence-corrected chi connectivity index (χ4v) is 4.96. The summed E-state index contributed by atoms with van der Waals surface area (Å²) in [6, 6.07) is 3.84. The van der Waals surface area contributed by atoms with Crippen molar-refractivity contribution < 1.29 is 14.3 Å². The summed E-state index contributed by atoms with van der Waals surface area (Å²) in [7, 11) is 0. The standard InChI is InChI=1S/C24H33N5O3.HI/c1-3-5-13-32-21-18(7-6-10-26-21)15-28-24(25-4-2)27-11-12-29-22(30)19-16-8-9-17(14-16)20(19)23(29)31;/h6-10,16-17,19-20H,3-5,11-15H2,1-2H3,(H2,25,27,28);1H. The van der Waals surface area contributed by atoms with Gasteiger partial charge in [-0.15, -0.1) is 24.0 Å². The van der Waals surface area contributed by atoms with Crippen molar-refractivity contribution in [1.29, 1.82) is 0 Å². The third-order valence-electron chi connectivity index (χ3n) is 6.53. The fourth-order valence-electron chi connectivity index (χ4n) is 4.96. The van der Waals surface area contributed by atoms with E-state index in [2.05, 4.69) is 39.7 Å². The van der Waals surface area contributed by atoms with Crippen LogP contribution < -0.4 is 15.4 Å². The first-order valence-corrected chi connectivity index (χ1v) is 11.8. The molecule has 0 spiro atoms. The molecule has 0 radical (unpaired) electrons. The summed E-state index contributed by atoms with van der Waals surface area (Å²) in [4.78, 5) is 36.1. The van der Waals surface area contributed by atoms with Crippen LogP contribution in [0.1, 0.15) is 38.7 Å². The van der Waals surface area contributed by atoms with Crippen molar-refractivity contribution in [3.05, 3.63) is 36.0 Å². The minimum Gasteiger partial charge on any atom is -0.477 e. The van der Waals surface area contributed by atoms with Gasteiger partial charge in [0.1, 0.15) is 0 Å². The van der Waals surface area contributed by atoms with E-state index in [1.54, 1.807) is 6.20 Å². The molecule has 1 aromatic heterocycles. The number of carbonyl (C=O) groups excluding carboxylic acids is 2. The van der Waals surface area contributed by atoms with E-state index in [0.29, 0.717) is 44.6 Å². The molecule has 1 aliphatic heterocycles. The van der Waals surface area contributed by atoms with Crippen LogP contribution in [-0.4, -0.2) is 53.9 Å². The van der Waals surface area contributed by atoms with Crippen LogP contribution in [0.5, 0.6) is 5.88 Å². The number of fused-ring (bicyclic) bond motifs is 5. The normalized spacial score (nSPS) is 25.3. The molecular weight excluding hydrogens is 533 g/mol. The third-order valence-corrected chi connectivity index (χ3v) is 6.53. The Balaban J connectivity index is 0.00000306. The Bertz CT molecular complexity index is 876. The van der Waals surface area contributed by atoms with Crippen molar-refractivity contribution >= 4 is 41.8 Å². The van der Waals surface area contributed by atoms with E-state index in [-0.39, 0.29) is 59.5 Å². The number of rotatable bonds is 10. The predicted octanol–water partition coefficient (Wildman–Crippen LogP) is 2.74. The van der Waals surface area contributed by atoms with Crippen molar-refractivity contribution in [3.8, 4) is 5.88 Å². The lowest BCUT2D eigenvalue weighted by atomic mass is 9.85. The van der Waals surface area contributed by atoms with Gasteiger partial charge in [-0.1, -0.05) is 31.6 Å². The number of nitrogens with one attached hydrogen (secondary N) is 2. The molecule has 2 N–H and O–H groups in total. The van der Waals surface area contributed by atoms with E-state index >= 15 is 0 Å². The smallest absolute Gasteiger partial charge is 0.233 e. The van der Waals surface area contributed by atoms with Crippen LogP contribution in [0.25, 0.3) is 0 Å². The highest BCUT2D eigenvalue weighted by molar-refractivity contribution is 14.0. The van der Waals surface area contributed by atoms with Gasteiger partial charge in [-0.2, -0.15) is 0 Å². The second kappa shape index (κ2) is 11.8. The van der Waals surface area contributed by atoms with Gasteiger partial charge in [0.25, 0.3) is 0 Å². The van der Waals surface area contributed by atoms with Crippen molar-refractivity contribution in [1.82, 2.24) is 20.5 Å². The Labute approximate surface area is 212 Å². The van der Waals surface area contributed by atoms with Crippen molar-refractivity contribution in [3.63, 3.8) is 0 Å². The Morgan fingerprint density at radius 3 is 2.58 bits per heavy atom. The molecule has 2 fully saturated rings. The molecule has 4 atom stereocenters. The largest absolute Gasteiger partial charge is 0.477 e. The topological polar surface area (TPSA) is 95.9 Å². The predicted molar refractivity (Wildman–Crippen MR) is 137 cm³/mol. The molecule has 1 saturated carbocycles. The van der Waals surface area contributed by atoms with Gasteiger partial charge in [-0.05, 0) is 37.7 Å². The van der Waals surface area contributed by atoms with E-state index < -0.39 is 0 Å². The zero-order chi connectivity index (χ0) is 22.5. The number of hydrogen-bond acceptors (Lipinski definition) is 5.